The summed E-state index contributed by atoms with van der Waals surface area (Å²) < 4.78 is 0. The highest BCUT2D eigenvalue weighted by Crippen LogP contribution is 2.43. The average Bonchev–Trinajstić information content (AvgIpc) is 2.28. The van der Waals surface area contributed by atoms with E-state index in [4.69, 9.17) is 5.73 Å². The Morgan fingerprint density at radius 1 is 0.941 bits per heavy atom. The van der Waals surface area contributed by atoms with Gasteiger partial charge in [0.2, 0.25) is 0 Å². The van der Waals surface area contributed by atoms with Crippen LogP contribution in [0.2, 0.25) is 0 Å². The van der Waals surface area contributed by atoms with Gasteiger partial charge in [0.25, 0.3) is 0 Å². The van der Waals surface area contributed by atoms with E-state index in [9.17, 15) is 0 Å². The van der Waals surface area contributed by atoms with Gasteiger partial charge in [-0.2, -0.15) is 0 Å². The molecule has 0 spiro atoms. The lowest BCUT2D eigenvalue weighted by Crippen LogP contribution is -2.42. The highest BCUT2D eigenvalue weighted by Gasteiger charge is 2.36. The number of nitrogens with two attached hydrogens (primary N) is 1. The molecule has 0 amide bonds. The molecule has 2 saturated carbocycles. The van der Waals surface area contributed by atoms with E-state index in [0.717, 1.165) is 29.6 Å². The lowest BCUT2D eigenvalue weighted by atomic mass is 9.64. The first-order valence-electron chi connectivity index (χ1n) is 7.85. The molecule has 0 aromatic carbocycles. The predicted octanol–water partition coefficient (Wildman–Crippen LogP) is 4.21. The van der Waals surface area contributed by atoms with Crippen molar-refractivity contribution in [1.29, 1.82) is 0 Å². The van der Waals surface area contributed by atoms with E-state index in [1.807, 2.05) is 0 Å². The zero-order valence-electron chi connectivity index (χ0n) is 12.0. The van der Waals surface area contributed by atoms with E-state index < -0.39 is 0 Å². The van der Waals surface area contributed by atoms with Crippen molar-refractivity contribution in [2.24, 2.45) is 35.3 Å². The van der Waals surface area contributed by atoms with Gasteiger partial charge < -0.3 is 5.73 Å². The fourth-order valence-corrected chi connectivity index (χ4v) is 4.59. The Balaban J connectivity index is 1.98. The minimum atomic E-state index is 0.500. The Hall–Kier alpha value is -0.0400. The van der Waals surface area contributed by atoms with Gasteiger partial charge in [0.1, 0.15) is 0 Å². The molecule has 0 radical (unpaired) electrons. The molecule has 17 heavy (non-hydrogen) atoms. The molecule has 0 aromatic rings. The van der Waals surface area contributed by atoms with Crippen molar-refractivity contribution < 1.29 is 0 Å². The summed E-state index contributed by atoms with van der Waals surface area (Å²) in [5.41, 5.74) is 6.42. The van der Waals surface area contributed by atoms with Crippen LogP contribution in [-0.4, -0.2) is 6.04 Å². The van der Waals surface area contributed by atoms with Crippen LogP contribution in [-0.2, 0) is 0 Å². The van der Waals surface area contributed by atoms with Crippen molar-refractivity contribution in [3.8, 4) is 0 Å². The molecule has 0 aliphatic heterocycles. The molecule has 1 heteroatoms. The van der Waals surface area contributed by atoms with Gasteiger partial charge in [-0.15, -0.1) is 0 Å². The minimum Gasteiger partial charge on any atom is -0.327 e. The van der Waals surface area contributed by atoms with Crippen LogP contribution < -0.4 is 5.73 Å². The van der Waals surface area contributed by atoms with Crippen molar-refractivity contribution in [2.75, 3.05) is 0 Å². The fourth-order valence-electron chi connectivity index (χ4n) is 4.59. The third kappa shape index (κ3) is 3.24. The van der Waals surface area contributed by atoms with Gasteiger partial charge in [0.15, 0.2) is 0 Å². The van der Waals surface area contributed by atoms with Crippen molar-refractivity contribution in [1.82, 2.24) is 0 Å². The maximum absolute atomic E-state index is 6.42. The lowest BCUT2D eigenvalue weighted by molar-refractivity contribution is 0.0958. The predicted molar refractivity (Wildman–Crippen MR) is 74.8 cm³/mol. The van der Waals surface area contributed by atoms with Gasteiger partial charge in [-0.05, 0) is 68.1 Å². The van der Waals surface area contributed by atoms with E-state index in [1.54, 1.807) is 0 Å². The first-order valence-corrected chi connectivity index (χ1v) is 7.85. The molecule has 2 rings (SSSR count). The molecule has 100 valence electrons. The Morgan fingerprint density at radius 2 is 1.59 bits per heavy atom. The van der Waals surface area contributed by atoms with Crippen LogP contribution >= 0.6 is 0 Å². The molecule has 0 heterocycles. The summed E-state index contributed by atoms with van der Waals surface area (Å²) in [5, 5.41) is 0. The Labute approximate surface area is 108 Å². The zero-order valence-corrected chi connectivity index (χ0v) is 12.0. The second kappa shape index (κ2) is 5.73. The van der Waals surface area contributed by atoms with E-state index >= 15 is 0 Å². The van der Waals surface area contributed by atoms with Crippen molar-refractivity contribution in [2.45, 2.75) is 71.8 Å². The second-order valence-electron chi connectivity index (χ2n) is 7.09. The van der Waals surface area contributed by atoms with Crippen LogP contribution in [0.3, 0.4) is 0 Å². The van der Waals surface area contributed by atoms with E-state index in [-0.39, 0.29) is 0 Å². The first-order chi connectivity index (χ1) is 8.10. The molecule has 2 N–H and O–H groups in total. The van der Waals surface area contributed by atoms with E-state index in [2.05, 4.69) is 20.8 Å². The van der Waals surface area contributed by atoms with Gasteiger partial charge in [-0.1, -0.05) is 27.2 Å². The highest BCUT2D eigenvalue weighted by atomic mass is 14.7. The summed E-state index contributed by atoms with van der Waals surface area (Å²) in [6, 6.07) is 0.500. The lowest BCUT2D eigenvalue weighted by Gasteiger charge is -2.43. The van der Waals surface area contributed by atoms with Crippen LogP contribution in [0.5, 0.6) is 0 Å². The standard InChI is InChI=1S/C16H31N/c1-4-13-5-6-16(17)15(10-13)14-8-11(2)7-12(3)9-14/h11-16H,4-10,17H2,1-3H3. The third-order valence-electron chi connectivity index (χ3n) is 5.46. The van der Waals surface area contributed by atoms with Gasteiger partial charge >= 0.3 is 0 Å². The summed E-state index contributed by atoms with van der Waals surface area (Å²) in [6.07, 6.45) is 9.77. The summed E-state index contributed by atoms with van der Waals surface area (Å²) in [4.78, 5) is 0. The largest absolute Gasteiger partial charge is 0.327 e. The first kappa shape index (κ1) is 13.4. The van der Waals surface area contributed by atoms with Gasteiger partial charge in [0.05, 0.1) is 0 Å². The zero-order chi connectivity index (χ0) is 12.4. The summed E-state index contributed by atoms with van der Waals surface area (Å²) in [6.45, 7) is 7.23. The second-order valence-corrected chi connectivity index (χ2v) is 7.09. The van der Waals surface area contributed by atoms with Crippen LogP contribution in [0, 0.1) is 29.6 Å². The maximum atomic E-state index is 6.42. The van der Waals surface area contributed by atoms with Crippen LogP contribution in [0.4, 0.5) is 0 Å². The topological polar surface area (TPSA) is 26.0 Å². The van der Waals surface area contributed by atoms with Crippen molar-refractivity contribution in [3.63, 3.8) is 0 Å². The van der Waals surface area contributed by atoms with Crippen LogP contribution in [0.15, 0.2) is 0 Å². The molecule has 5 unspecified atom stereocenters. The van der Waals surface area contributed by atoms with Crippen LogP contribution in [0.25, 0.3) is 0 Å². The average molecular weight is 237 g/mol. The van der Waals surface area contributed by atoms with E-state index in [0.29, 0.717) is 6.04 Å². The SMILES string of the molecule is CCC1CCC(N)C(C2CC(C)CC(C)C2)C1. The molecule has 2 aliphatic carbocycles. The molecular weight excluding hydrogens is 206 g/mol. The minimum absolute atomic E-state index is 0.500. The normalized spacial score (nSPS) is 48.0. The molecule has 0 saturated heterocycles. The van der Waals surface area contributed by atoms with Gasteiger partial charge in [0, 0.05) is 6.04 Å². The Bertz CT molecular complexity index is 228. The molecule has 5 atom stereocenters. The van der Waals surface area contributed by atoms with Crippen LogP contribution in [0.1, 0.15) is 65.7 Å². The molecule has 0 aromatic heterocycles. The third-order valence-corrected chi connectivity index (χ3v) is 5.46. The quantitative estimate of drug-likeness (QED) is 0.765. The molecule has 0 bridgehead atoms. The molecular formula is C16H31N. The number of hydrogen-bond acceptors (Lipinski definition) is 1. The maximum Gasteiger partial charge on any atom is 0.00700 e. The summed E-state index contributed by atoms with van der Waals surface area (Å²) >= 11 is 0. The Kier molecular flexibility index (Phi) is 4.52. The smallest absolute Gasteiger partial charge is 0.00700 e. The number of rotatable bonds is 2. The molecule has 2 aliphatic rings. The Morgan fingerprint density at radius 3 is 2.18 bits per heavy atom. The molecule has 1 nitrogen and oxygen atoms in total. The highest BCUT2D eigenvalue weighted by molar-refractivity contribution is 4.89. The summed E-state index contributed by atoms with van der Waals surface area (Å²) in [5.74, 6) is 4.58. The summed E-state index contributed by atoms with van der Waals surface area (Å²) in [7, 11) is 0. The van der Waals surface area contributed by atoms with E-state index in [1.165, 1.54) is 44.9 Å². The monoisotopic (exact) mass is 237 g/mol. The van der Waals surface area contributed by atoms with Crippen molar-refractivity contribution in [3.05, 3.63) is 0 Å². The van der Waals surface area contributed by atoms with Crippen molar-refractivity contribution >= 4 is 0 Å². The van der Waals surface area contributed by atoms with Gasteiger partial charge in [-0.3, -0.25) is 0 Å². The van der Waals surface area contributed by atoms with Gasteiger partial charge in [-0.25, -0.2) is 0 Å². The fraction of sp³-hybridized carbons (Fsp3) is 1.00. The molecule has 2 fully saturated rings. The number of hydrogen-bond donors (Lipinski definition) is 1.